The lowest BCUT2D eigenvalue weighted by Gasteiger charge is -2.30. The molecule has 8 nitrogen and oxygen atoms in total. The molecule has 3 atom stereocenters. The first-order valence-electron chi connectivity index (χ1n) is 24.3. The number of hydrogen-bond donors (Lipinski definition) is 2. The number of allylic oxidation sites excluding steroid dienone is 12. The molecule has 0 fully saturated rings. The van der Waals surface area contributed by atoms with E-state index < -0.39 is 20.0 Å². The molecule has 60 heavy (non-hydrogen) atoms. The van der Waals surface area contributed by atoms with Gasteiger partial charge in [0, 0.05) is 6.42 Å². The molecule has 0 aliphatic heterocycles. The fraction of sp³-hybridized carbons (Fsp3) is 0.745. The molecule has 0 aromatic carbocycles. The smallest absolute Gasteiger partial charge is 0.268 e. The van der Waals surface area contributed by atoms with Gasteiger partial charge in [0.2, 0.25) is 5.91 Å². The number of phosphoric acid groups is 1. The number of carbonyl (C=O) groups is 1. The summed E-state index contributed by atoms with van der Waals surface area (Å²) >= 11 is 0. The Kier molecular flexibility index (Phi) is 40.8. The van der Waals surface area contributed by atoms with Crippen molar-refractivity contribution in [2.45, 2.75) is 206 Å². The predicted octanol–water partition coefficient (Wildman–Crippen LogP) is 13.3. The Morgan fingerprint density at radius 2 is 1.02 bits per heavy atom. The summed E-state index contributed by atoms with van der Waals surface area (Å²) in [4.78, 5) is 25.4. The number of carbonyl (C=O) groups excluding carboxylic acids is 1. The quantitative estimate of drug-likeness (QED) is 0.0274. The van der Waals surface area contributed by atoms with Crippen LogP contribution in [0.4, 0.5) is 0 Å². The minimum atomic E-state index is -4.58. The minimum absolute atomic E-state index is 0.000123. The van der Waals surface area contributed by atoms with Crippen molar-refractivity contribution < 1.29 is 32.9 Å². The number of amides is 1. The van der Waals surface area contributed by atoms with Crippen molar-refractivity contribution in [3.05, 3.63) is 72.9 Å². The third kappa shape index (κ3) is 44.0. The number of aliphatic hydroxyl groups is 1. The summed E-state index contributed by atoms with van der Waals surface area (Å²) in [6, 6.07) is -0.828. The van der Waals surface area contributed by atoms with E-state index in [1.54, 1.807) is 0 Å². The van der Waals surface area contributed by atoms with Crippen molar-refractivity contribution in [3.8, 4) is 0 Å². The van der Waals surface area contributed by atoms with Crippen LogP contribution >= 0.6 is 7.82 Å². The number of hydrogen-bond acceptors (Lipinski definition) is 6. The van der Waals surface area contributed by atoms with Gasteiger partial charge in [0.25, 0.3) is 7.82 Å². The van der Waals surface area contributed by atoms with E-state index in [4.69, 9.17) is 9.05 Å². The number of nitrogens with zero attached hydrogens (tertiary/aromatic N) is 1. The molecule has 0 aliphatic carbocycles. The molecule has 0 radical (unpaired) electrons. The lowest BCUT2D eigenvalue weighted by Crippen LogP contribution is -2.46. The van der Waals surface area contributed by atoms with Crippen molar-refractivity contribution in [1.82, 2.24) is 5.32 Å². The molecule has 0 aromatic rings. The standard InChI is InChI=1S/C51H93N2O6P/c1-6-8-10-12-14-16-18-20-22-24-25-26-27-29-31-33-35-37-39-41-43-45-51(55)52-49(48-59-60(56,57)58-47-46-53(3,4)5)50(54)44-42-40-38-36-34-32-30-28-23-21-19-17-15-13-11-9-7-2/h8,10,14,16,20,22,25-26,29,31,35,37,49-50,54H,6-7,9,11-13,15,17-19,21,23-24,27-28,30,32-34,36,38-48H2,1-5H3,(H-,52,55,56,57)/b10-8-,16-14-,22-20-,26-25-,31-29-,37-35-. The van der Waals surface area contributed by atoms with Gasteiger partial charge in [0.05, 0.1) is 39.9 Å². The van der Waals surface area contributed by atoms with E-state index in [0.29, 0.717) is 30.3 Å². The summed E-state index contributed by atoms with van der Waals surface area (Å²) in [5, 5.41) is 13.9. The van der Waals surface area contributed by atoms with E-state index in [-0.39, 0.29) is 19.1 Å². The van der Waals surface area contributed by atoms with E-state index in [1.807, 2.05) is 21.1 Å². The number of rotatable bonds is 43. The maximum Gasteiger partial charge on any atom is 0.268 e. The summed E-state index contributed by atoms with van der Waals surface area (Å²) in [6.07, 6.45) is 56.2. The van der Waals surface area contributed by atoms with Gasteiger partial charge in [-0.1, -0.05) is 196 Å². The summed E-state index contributed by atoms with van der Waals surface area (Å²) in [5.74, 6) is -0.209. The van der Waals surface area contributed by atoms with Gasteiger partial charge < -0.3 is 28.8 Å². The maximum absolute atomic E-state index is 12.9. The average molecular weight is 861 g/mol. The van der Waals surface area contributed by atoms with Gasteiger partial charge in [0.1, 0.15) is 13.2 Å². The topological polar surface area (TPSA) is 108 Å². The van der Waals surface area contributed by atoms with Gasteiger partial charge in [-0.05, 0) is 64.2 Å². The zero-order valence-corrected chi connectivity index (χ0v) is 40.3. The van der Waals surface area contributed by atoms with E-state index >= 15 is 0 Å². The van der Waals surface area contributed by atoms with Crippen molar-refractivity contribution in [3.63, 3.8) is 0 Å². The molecular formula is C51H93N2O6P. The largest absolute Gasteiger partial charge is 0.756 e. The van der Waals surface area contributed by atoms with Gasteiger partial charge in [0.15, 0.2) is 0 Å². The van der Waals surface area contributed by atoms with Crippen molar-refractivity contribution in [1.29, 1.82) is 0 Å². The molecular weight excluding hydrogens is 768 g/mol. The van der Waals surface area contributed by atoms with Crippen LogP contribution in [-0.2, 0) is 18.4 Å². The second-order valence-corrected chi connectivity index (χ2v) is 18.8. The molecule has 0 aliphatic rings. The lowest BCUT2D eigenvalue weighted by molar-refractivity contribution is -0.870. The third-order valence-electron chi connectivity index (χ3n) is 10.5. The number of nitrogens with one attached hydrogen (secondary N) is 1. The van der Waals surface area contributed by atoms with Crippen LogP contribution in [0.2, 0.25) is 0 Å². The second-order valence-electron chi connectivity index (χ2n) is 17.4. The molecule has 2 N–H and O–H groups in total. The molecule has 9 heteroatoms. The number of aliphatic hydroxyl groups excluding tert-OH is 1. The predicted molar refractivity (Wildman–Crippen MR) is 256 cm³/mol. The Morgan fingerprint density at radius 3 is 1.45 bits per heavy atom. The molecule has 0 spiro atoms. The molecule has 0 saturated carbocycles. The molecule has 348 valence electrons. The Morgan fingerprint density at radius 1 is 0.600 bits per heavy atom. The SMILES string of the molecule is CC/C=C\C/C=C\C/C=C\C/C=C\C/C=C\C/C=C\CCCCC(=O)NC(COP(=O)([O-])OCC[N+](C)(C)C)C(O)CCCCCCCCCCCCCCCCCCC. The molecule has 0 heterocycles. The van der Waals surface area contributed by atoms with Gasteiger partial charge in [-0.3, -0.25) is 9.36 Å². The van der Waals surface area contributed by atoms with Crippen LogP contribution in [0, 0.1) is 0 Å². The van der Waals surface area contributed by atoms with Crippen LogP contribution in [0.25, 0.3) is 0 Å². The van der Waals surface area contributed by atoms with E-state index in [2.05, 4.69) is 92.1 Å². The minimum Gasteiger partial charge on any atom is -0.756 e. The van der Waals surface area contributed by atoms with E-state index in [1.165, 1.54) is 89.9 Å². The highest BCUT2D eigenvalue weighted by atomic mass is 31.2. The summed E-state index contributed by atoms with van der Waals surface area (Å²) in [5.41, 5.74) is 0. The van der Waals surface area contributed by atoms with Crippen LogP contribution in [0.1, 0.15) is 194 Å². The van der Waals surface area contributed by atoms with Crippen molar-refractivity contribution in [2.24, 2.45) is 0 Å². The molecule has 0 bridgehead atoms. The number of quaternary nitrogens is 1. The molecule has 3 unspecified atom stereocenters. The first kappa shape index (κ1) is 57.9. The van der Waals surface area contributed by atoms with Crippen LogP contribution < -0.4 is 10.2 Å². The summed E-state index contributed by atoms with van der Waals surface area (Å²) in [6.45, 7) is 4.57. The normalized spacial score (nSPS) is 14.8. The molecule has 0 saturated heterocycles. The fourth-order valence-corrected chi connectivity index (χ4v) is 7.35. The highest BCUT2D eigenvalue weighted by molar-refractivity contribution is 7.45. The van der Waals surface area contributed by atoms with Crippen molar-refractivity contribution >= 4 is 13.7 Å². The maximum atomic E-state index is 12.9. The highest BCUT2D eigenvalue weighted by Gasteiger charge is 2.24. The Bertz CT molecular complexity index is 1200. The zero-order valence-electron chi connectivity index (χ0n) is 39.4. The van der Waals surface area contributed by atoms with Crippen LogP contribution in [0.5, 0.6) is 0 Å². The van der Waals surface area contributed by atoms with E-state index in [0.717, 1.165) is 70.6 Å². The Hall–Kier alpha value is -2.06. The van der Waals surface area contributed by atoms with Gasteiger partial charge in [-0.25, -0.2) is 0 Å². The number of phosphoric ester groups is 1. The number of likely N-dealkylation sites (N-methyl/N-ethyl adjacent to an activating group) is 1. The summed E-state index contributed by atoms with van der Waals surface area (Å²) in [7, 11) is 1.26. The first-order chi connectivity index (χ1) is 29.0. The summed E-state index contributed by atoms with van der Waals surface area (Å²) < 4.78 is 23.3. The van der Waals surface area contributed by atoms with Gasteiger partial charge >= 0.3 is 0 Å². The van der Waals surface area contributed by atoms with Crippen LogP contribution in [0.15, 0.2) is 72.9 Å². The third-order valence-corrected chi connectivity index (χ3v) is 11.4. The second kappa shape index (κ2) is 42.3. The average Bonchev–Trinajstić information content (AvgIpc) is 3.20. The Labute approximate surface area is 370 Å². The van der Waals surface area contributed by atoms with Gasteiger partial charge in [-0.2, -0.15) is 0 Å². The van der Waals surface area contributed by atoms with Crippen LogP contribution in [0.3, 0.4) is 0 Å². The zero-order chi connectivity index (χ0) is 44.3. The number of unbranched alkanes of at least 4 members (excludes halogenated alkanes) is 18. The molecule has 1 amide bonds. The first-order valence-corrected chi connectivity index (χ1v) is 25.7. The van der Waals surface area contributed by atoms with Crippen molar-refractivity contribution in [2.75, 3.05) is 40.9 Å². The molecule has 0 aromatic heterocycles. The monoisotopic (exact) mass is 861 g/mol. The molecule has 0 rings (SSSR count). The van der Waals surface area contributed by atoms with Crippen LogP contribution in [-0.4, -0.2) is 68.5 Å². The highest BCUT2D eigenvalue weighted by Crippen LogP contribution is 2.38. The fourth-order valence-electron chi connectivity index (χ4n) is 6.63. The lowest BCUT2D eigenvalue weighted by atomic mass is 10.0. The van der Waals surface area contributed by atoms with E-state index in [9.17, 15) is 19.4 Å². The Balaban J connectivity index is 4.42. The van der Waals surface area contributed by atoms with Gasteiger partial charge in [-0.15, -0.1) is 0 Å².